The number of nitrogens with one attached hydrogen (secondary N) is 1. The van der Waals surface area contributed by atoms with E-state index in [9.17, 15) is 0 Å². The summed E-state index contributed by atoms with van der Waals surface area (Å²) in [5.41, 5.74) is 8.16. The number of anilines is 1. The summed E-state index contributed by atoms with van der Waals surface area (Å²) in [7, 11) is 1.98. The molecule has 1 aromatic carbocycles. The molecular formula is C15H18ClN3. The van der Waals surface area contributed by atoms with Gasteiger partial charge in [0.2, 0.25) is 0 Å². The molecule has 1 unspecified atom stereocenters. The number of aromatic nitrogens is 1. The van der Waals surface area contributed by atoms with E-state index < -0.39 is 0 Å². The van der Waals surface area contributed by atoms with Crippen molar-refractivity contribution in [3.8, 4) is 0 Å². The summed E-state index contributed by atoms with van der Waals surface area (Å²) in [4.78, 5) is 4.01. The molecular weight excluding hydrogens is 258 g/mol. The molecule has 0 saturated heterocycles. The maximum atomic E-state index is 5.89. The first-order valence-corrected chi connectivity index (χ1v) is 6.67. The zero-order valence-corrected chi connectivity index (χ0v) is 11.7. The SMILES string of the molecule is CNC(Cc1ccc(Cl)cc1)Cc1ccnc(N)c1. The van der Waals surface area contributed by atoms with Gasteiger partial charge in [-0.05, 0) is 55.3 Å². The van der Waals surface area contributed by atoms with Crippen molar-refractivity contribution < 1.29 is 0 Å². The van der Waals surface area contributed by atoms with E-state index in [2.05, 4.69) is 22.4 Å². The molecule has 1 aromatic heterocycles. The number of benzene rings is 1. The van der Waals surface area contributed by atoms with Crippen molar-refractivity contribution in [1.82, 2.24) is 10.3 Å². The maximum absolute atomic E-state index is 5.89. The minimum absolute atomic E-state index is 0.364. The lowest BCUT2D eigenvalue weighted by molar-refractivity contribution is 0.556. The molecule has 2 aromatic rings. The fourth-order valence-corrected chi connectivity index (χ4v) is 2.21. The van der Waals surface area contributed by atoms with Crippen LogP contribution in [0.1, 0.15) is 11.1 Å². The highest BCUT2D eigenvalue weighted by Gasteiger charge is 2.09. The predicted molar refractivity (Wildman–Crippen MR) is 80.4 cm³/mol. The van der Waals surface area contributed by atoms with Gasteiger partial charge in [0.15, 0.2) is 0 Å². The number of nitrogen functional groups attached to an aromatic ring is 1. The zero-order chi connectivity index (χ0) is 13.7. The minimum atomic E-state index is 0.364. The van der Waals surface area contributed by atoms with Crippen LogP contribution in [0.2, 0.25) is 5.02 Å². The summed E-state index contributed by atoms with van der Waals surface area (Å²) < 4.78 is 0. The van der Waals surface area contributed by atoms with E-state index >= 15 is 0 Å². The normalized spacial score (nSPS) is 12.3. The minimum Gasteiger partial charge on any atom is -0.384 e. The van der Waals surface area contributed by atoms with Crippen LogP contribution in [-0.2, 0) is 12.8 Å². The Labute approximate surface area is 118 Å². The van der Waals surface area contributed by atoms with E-state index in [1.54, 1.807) is 6.20 Å². The van der Waals surface area contributed by atoms with E-state index in [-0.39, 0.29) is 0 Å². The van der Waals surface area contributed by atoms with Gasteiger partial charge in [0.1, 0.15) is 5.82 Å². The van der Waals surface area contributed by atoms with Crippen LogP contribution in [0.4, 0.5) is 5.82 Å². The third-order valence-corrected chi connectivity index (χ3v) is 3.38. The van der Waals surface area contributed by atoms with Crippen LogP contribution >= 0.6 is 11.6 Å². The van der Waals surface area contributed by atoms with E-state index in [1.165, 1.54) is 11.1 Å². The standard InChI is InChI=1S/C15H18ClN3/c1-18-14(8-11-2-4-13(16)5-3-11)9-12-6-7-19-15(17)10-12/h2-7,10,14,18H,8-9H2,1H3,(H2,17,19). The first kappa shape index (κ1) is 13.8. The van der Waals surface area contributed by atoms with Crippen molar-refractivity contribution in [2.45, 2.75) is 18.9 Å². The fraction of sp³-hybridized carbons (Fsp3) is 0.267. The second kappa shape index (κ2) is 6.55. The quantitative estimate of drug-likeness (QED) is 0.882. The highest BCUT2D eigenvalue weighted by Crippen LogP contribution is 2.13. The summed E-state index contributed by atoms with van der Waals surface area (Å²) >= 11 is 5.89. The number of hydrogen-bond donors (Lipinski definition) is 2. The van der Waals surface area contributed by atoms with E-state index in [1.807, 2.05) is 31.3 Å². The van der Waals surface area contributed by atoms with Gasteiger partial charge in [-0.25, -0.2) is 4.98 Å². The molecule has 0 radical (unpaired) electrons. The number of nitrogens with zero attached hydrogens (tertiary/aromatic N) is 1. The van der Waals surface area contributed by atoms with Crippen molar-refractivity contribution >= 4 is 17.4 Å². The van der Waals surface area contributed by atoms with Gasteiger partial charge >= 0.3 is 0 Å². The predicted octanol–water partition coefficient (Wildman–Crippen LogP) is 2.69. The molecule has 3 nitrogen and oxygen atoms in total. The highest BCUT2D eigenvalue weighted by atomic mass is 35.5. The Kier molecular flexibility index (Phi) is 4.77. The van der Waals surface area contributed by atoms with Crippen LogP contribution in [-0.4, -0.2) is 18.1 Å². The van der Waals surface area contributed by atoms with Crippen molar-refractivity contribution in [2.75, 3.05) is 12.8 Å². The molecule has 0 spiro atoms. The Morgan fingerprint density at radius 2 is 1.84 bits per heavy atom. The lowest BCUT2D eigenvalue weighted by Gasteiger charge is -2.16. The van der Waals surface area contributed by atoms with Gasteiger partial charge in [-0.1, -0.05) is 23.7 Å². The Morgan fingerprint density at radius 3 is 2.47 bits per heavy atom. The lowest BCUT2D eigenvalue weighted by atomic mass is 9.99. The van der Waals surface area contributed by atoms with Crippen molar-refractivity contribution in [2.24, 2.45) is 0 Å². The summed E-state index contributed by atoms with van der Waals surface area (Å²) in [6, 6.07) is 12.3. The van der Waals surface area contributed by atoms with Crippen molar-refractivity contribution in [1.29, 1.82) is 0 Å². The number of pyridine rings is 1. The van der Waals surface area contributed by atoms with Gasteiger partial charge < -0.3 is 11.1 Å². The zero-order valence-electron chi connectivity index (χ0n) is 10.9. The monoisotopic (exact) mass is 275 g/mol. The molecule has 0 saturated carbocycles. The summed E-state index contributed by atoms with van der Waals surface area (Å²) in [6.45, 7) is 0. The van der Waals surface area contributed by atoms with Crippen LogP contribution < -0.4 is 11.1 Å². The smallest absolute Gasteiger partial charge is 0.123 e. The maximum Gasteiger partial charge on any atom is 0.123 e. The van der Waals surface area contributed by atoms with E-state index in [4.69, 9.17) is 17.3 Å². The number of halogens is 1. The molecule has 19 heavy (non-hydrogen) atoms. The van der Waals surface area contributed by atoms with Crippen LogP contribution in [0.25, 0.3) is 0 Å². The first-order valence-electron chi connectivity index (χ1n) is 6.29. The first-order chi connectivity index (χ1) is 9.17. The highest BCUT2D eigenvalue weighted by molar-refractivity contribution is 6.30. The van der Waals surface area contributed by atoms with Crippen LogP contribution in [0.3, 0.4) is 0 Å². The Bertz CT molecular complexity index is 525. The molecule has 1 atom stereocenters. The molecule has 1 heterocycles. The number of likely N-dealkylation sites (N-methyl/N-ethyl adjacent to an activating group) is 1. The second-order valence-corrected chi connectivity index (χ2v) is 5.05. The Balaban J connectivity index is 2.02. The molecule has 0 bridgehead atoms. The molecule has 0 aliphatic rings. The van der Waals surface area contributed by atoms with Gasteiger partial charge in [0.05, 0.1) is 0 Å². The van der Waals surface area contributed by atoms with Crippen molar-refractivity contribution in [3.05, 3.63) is 58.7 Å². The van der Waals surface area contributed by atoms with Gasteiger partial charge in [0.25, 0.3) is 0 Å². The van der Waals surface area contributed by atoms with Crippen LogP contribution in [0.5, 0.6) is 0 Å². The van der Waals surface area contributed by atoms with Gasteiger partial charge in [-0.2, -0.15) is 0 Å². The summed E-state index contributed by atoms with van der Waals surface area (Å²) in [5.74, 6) is 0.568. The molecule has 4 heteroatoms. The Hall–Kier alpha value is -1.58. The molecule has 0 amide bonds. The van der Waals surface area contributed by atoms with Gasteiger partial charge in [0, 0.05) is 17.3 Å². The third-order valence-electron chi connectivity index (χ3n) is 3.13. The third kappa shape index (κ3) is 4.23. The molecule has 2 rings (SSSR count). The summed E-state index contributed by atoms with van der Waals surface area (Å²) in [5, 5.41) is 4.11. The lowest BCUT2D eigenvalue weighted by Crippen LogP contribution is -2.29. The molecule has 0 fully saturated rings. The topological polar surface area (TPSA) is 50.9 Å². The molecule has 3 N–H and O–H groups in total. The van der Waals surface area contributed by atoms with E-state index in [0.29, 0.717) is 11.9 Å². The fourth-order valence-electron chi connectivity index (χ4n) is 2.09. The van der Waals surface area contributed by atoms with Crippen LogP contribution in [0, 0.1) is 0 Å². The molecule has 100 valence electrons. The average molecular weight is 276 g/mol. The number of hydrogen-bond acceptors (Lipinski definition) is 3. The number of rotatable bonds is 5. The molecule has 0 aliphatic heterocycles. The summed E-state index contributed by atoms with van der Waals surface area (Å²) in [6.07, 6.45) is 3.63. The largest absolute Gasteiger partial charge is 0.384 e. The van der Waals surface area contributed by atoms with Crippen molar-refractivity contribution in [3.63, 3.8) is 0 Å². The average Bonchev–Trinajstić information content (AvgIpc) is 2.40. The van der Waals surface area contributed by atoms with Crippen LogP contribution in [0.15, 0.2) is 42.6 Å². The second-order valence-electron chi connectivity index (χ2n) is 4.61. The number of nitrogens with two attached hydrogens (primary N) is 1. The molecule has 0 aliphatic carbocycles. The van der Waals surface area contributed by atoms with Gasteiger partial charge in [-0.3, -0.25) is 0 Å². The van der Waals surface area contributed by atoms with Gasteiger partial charge in [-0.15, -0.1) is 0 Å². The Morgan fingerprint density at radius 1 is 1.16 bits per heavy atom. The van der Waals surface area contributed by atoms with E-state index in [0.717, 1.165) is 17.9 Å².